The molecule has 3 nitrogen and oxygen atoms in total. The molecule has 0 radical (unpaired) electrons. The molecule has 1 amide bonds. The third-order valence-corrected chi connectivity index (χ3v) is 2.67. The number of allylic oxidation sites excluding steroid dienone is 1. The Labute approximate surface area is 118 Å². The lowest BCUT2D eigenvalue weighted by Crippen LogP contribution is -2.21. The quantitative estimate of drug-likeness (QED) is 0.769. The van der Waals surface area contributed by atoms with Gasteiger partial charge in [0.1, 0.15) is 0 Å². The summed E-state index contributed by atoms with van der Waals surface area (Å²) >= 11 is 0. The maximum atomic E-state index is 11.6. The van der Waals surface area contributed by atoms with Crippen molar-refractivity contribution in [3.05, 3.63) is 72.9 Å². The van der Waals surface area contributed by atoms with Crippen molar-refractivity contribution in [2.75, 3.05) is 4.90 Å². The number of hydrogen-bond acceptors (Lipinski definition) is 2. The Hall–Kier alpha value is -2.68. The predicted octanol–water partition coefficient (Wildman–Crippen LogP) is 3.96. The van der Waals surface area contributed by atoms with E-state index in [1.54, 1.807) is 23.4 Å². The number of nitrogens with zero attached hydrogens (tertiary/aromatic N) is 2. The second kappa shape index (κ2) is 7.04. The van der Waals surface area contributed by atoms with Crippen LogP contribution >= 0.6 is 0 Å². The van der Waals surface area contributed by atoms with Gasteiger partial charge in [0.25, 0.3) is 0 Å². The second-order valence-corrected chi connectivity index (χ2v) is 4.18. The van der Waals surface area contributed by atoms with Crippen molar-refractivity contribution in [1.82, 2.24) is 0 Å². The van der Waals surface area contributed by atoms with Crippen LogP contribution in [0.5, 0.6) is 0 Å². The van der Waals surface area contributed by atoms with Gasteiger partial charge in [-0.3, -0.25) is 14.7 Å². The Morgan fingerprint density at radius 1 is 1.00 bits per heavy atom. The fraction of sp³-hybridized carbons (Fsp3) is 0.0588. The number of hydrogen-bond donors (Lipinski definition) is 0. The minimum atomic E-state index is -0.0411. The third-order valence-electron chi connectivity index (χ3n) is 2.67. The lowest BCUT2D eigenvalue weighted by atomic mass is 10.3. The van der Waals surface area contributed by atoms with Crippen LogP contribution in [-0.4, -0.2) is 12.1 Å². The average molecular weight is 264 g/mol. The van der Waals surface area contributed by atoms with Gasteiger partial charge in [-0.25, -0.2) is 0 Å². The molecule has 20 heavy (non-hydrogen) atoms. The summed E-state index contributed by atoms with van der Waals surface area (Å²) in [7, 11) is 0. The van der Waals surface area contributed by atoms with Crippen molar-refractivity contribution in [2.24, 2.45) is 4.99 Å². The summed E-state index contributed by atoms with van der Waals surface area (Å²) in [5.41, 5.74) is 1.72. The number of anilines is 1. The van der Waals surface area contributed by atoms with Gasteiger partial charge in [-0.2, -0.15) is 0 Å². The van der Waals surface area contributed by atoms with Gasteiger partial charge in [0.05, 0.1) is 5.69 Å². The molecule has 0 aliphatic carbocycles. The molecule has 0 heterocycles. The van der Waals surface area contributed by atoms with E-state index in [1.807, 2.05) is 60.7 Å². The van der Waals surface area contributed by atoms with E-state index in [2.05, 4.69) is 4.99 Å². The molecule has 2 aromatic carbocycles. The Kier molecular flexibility index (Phi) is 4.84. The van der Waals surface area contributed by atoms with Crippen LogP contribution in [0.4, 0.5) is 11.4 Å². The van der Waals surface area contributed by atoms with Gasteiger partial charge >= 0.3 is 0 Å². The number of benzene rings is 2. The zero-order valence-corrected chi connectivity index (χ0v) is 11.3. The maximum Gasteiger partial charge on any atom is 0.227 e. The van der Waals surface area contributed by atoms with E-state index in [9.17, 15) is 4.79 Å². The predicted molar refractivity (Wildman–Crippen MR) is 83.3 cm³/mol. The van der Waals surface area contributed by atoms with Crippen LogP contribution in [0.25, 0.3) is 0 Å². The molecule has 0 N–H and O–H groups in total. The van der Waals surface area contributed by atoms with Gasteiger partial charge in [-0.15, -0.1) is 0 Å². The van der Waals surface area contributed by atoms with Gasteiger partial charge in [-0.1, -0.05) is 36.4 Å². The van der Waals surface area contributed by atoms with E-state index in [0.29, 0.717) is 0 Å². The van der Waals surface area contributed by atoms with Crippen LogP contribution in [0.1, 0.15) is 6.92 Å². The highest BCUT2D eigenvalue weighted by atomic mass is 16.2. The van der Waals surface area contributed by atoms with Gasteiger partial charge in [0.15, 0.2) is 0 Å². The van der Waals surface area contributed by atoms with E-state index in [0.717, 1.165) is 11.4 Å². The van der Waals surface area contributed by atoms with Gasteiger partial charge in [0.2, 0.25) is 5.91 Å². The smallest absolute Gasteiger partial charge is 0.227 e. The van der Waals surface area contributed by atoms with Crippen LogP contribution in [0, 0.1) is 0 Å². The molecule has 0 spiro atoms. The summed E-state index contributed by atoms with van der Waals surface area (Å²) in [4.78, 5) is 17.5. The van der Waals surface area contributed by atoms with E-state index in [4.69, 9.17) is 0 Å². The average Bonchev–Trinajstić information content (AvgIpc) is 2.49. The molecule has 0 unspecified atom stereocenters. The molecule has 0 bridgehead atoms. The zero-order chi connectivity index (χ0) is 14.2. The van der Waals surface area contributed by atoms with Crippen molar-refractivity contribution >= 4 is 23.5 Å². The Morgan fingerprint density at radius 3 is 2.20 bits per heavy atom. The highest BCUT2D eigenvalue weighted by molar-refractivity contribution is 5.94. The van der Waals surface area contributed by atoms with Gasteiger partial charge in [-0.05, 0) is 30.3 Å². The lowest BCUT2D eigenvalue weighted by molar-refractivity contribution is -0.115. The van der Waals surface area contributed by atoms with Crippen LogP contribution < -0.4 is 4.90 Å². The molecule has 2 rings (SSSR count). The van der Waals surface area contributed by atoms with E-state index >= 15 is 0 Å². The Bertz CT molecular complexity index is 603. The first-order valence-corrected chi connectivity index (χ1v) is 6.38. The standard InChI is InChI=1S/C17H16N2O/c1-15(20)19(17-11-6-3-7-12-17)14-8-13-18-16-9-4-2-5-10-16/h2-14H,1H3/b14-8+,18-13+. The molecule has 0 atom stereocenters. The molecule has 0 saturated carbocycles. The highest BCUT2D eigenvalue weighted by Crippen LogP contribution is 2.14. The number of carbonyl (C=O) groups excluding carboxylic acids is 1. The normalized spacial score (nSPS) is 11.1. The monoisotopic (exact) mass is 264 g/mol. The molecule has 0 saturated heterocycles. The van der Waals surface area contributed by atoms with Crippen LogP contribution in [0.3, 0.4) is 0 Å². The summed E-state index contributed by atoms with van der Waals surface area (Å²) in [6.07, 6.45) is 5.14. The minimum absolute atomic E-state index is 0.0411. The summed E-state index contributed by atoms with van der Waals surface area (Å²) in [5.74, 6) is -0.0411. The fourth-order valence-electron chi connectivity index (χ4n) is 1.73. The molecule has 0 fully saturated rings. The zero-order valence-electron chi connectivity index (χ0n) is 11.3. The van der Waals surface area contributed by atoms with E-state index in [1.165, 1.54) is 6.92 Å². The largest absolute Gasteiger partial charge is 0.288 e. The molecule has 0 aromatic heterocycles. The molecular formula is C17H16N2O. The number of amides is 1. The van der Waals surface area contributed by atoms with Crippen LogP contribution in [0.15, 0.2) is 77.9 Å². The first-order chi connectivity index (χ1) is 9.77. The van der Waals surface area contributed by atoms with Gasteiger partial charge < -0.3 is 0 Å². The van der Waals surface area contributed by atoms with Crippen LogP contribution in [-0.2, 0) is 4.79 Å². The van der Waals surface area contributed by atoms with Gasteiger partial charge in [0, 0.05) is 25.0 Å². The molecule has 100 valence electrons. The van der Waals surface area contributed by atoms with Crippen molar-refractivity contribution in [1.29, 1.82) is 0 Å². The number of aliphatic imine (C=N–C) groups is 1. The highest BCUT2D eigenvalue weighted by Gasteiger charge is 2.05. The van der Waals surface area contributed by atoms with Crippen LogP contribution in [0.2, 0.25) is 0 Å². The number of para-hydroxylation sites is 2. The Morgan fingerprint density at radius 2 is 1.60 bits per heavy atom. The fourth-order valence-corrected chi connectivity index (χ4v) is 1.73. The van der Waals surface area contributed by atoms with Crippen molar-refractivity contribution in [3.8, 4) is 0 Å². The summed E-state index contributed by atoms with van der Waals surface area (Å²) in [6.45, 7) is 1.53. The SMILES string of the molecule is CC(=O)N(/C=C/C=N/c1ccccc1)c1ccccc1. The molecule has 3 heteroatoms. The molecule has 0 aliphatic heterocycles. The van der Waals surface area contributed by atoms with E-state index < -0.39 is 0 Å². The summed E-state index contributed by atoms with van der Waals surface area (Å²) in [5, 5.41) is 0. The van der Waals surface area contributed by atoms with E-state index in [-0.39, 0.29) is 5.91 Å². The first-order valence-electron chi connectivity index (χ1n) is 6.38. The lowest BCUT2D eigenvalue weighted by Gasteiger charge is -2.15. The number of carbonyl (C=O) groups is 1. The molecule has 0 aliphatic rings. The van der Waals surface area contributed by atoms with Crippen molar-refractivity contribution in [3.63, 3.8) is 0 Å². The third kappa shape index (κ3) is 3.92. The Balaban J connectivity index is 2.08. The topological polar surface area (TPSA) is 32.7 Å². The number of rotatable bonds is 4. The summed E-state index contributed by atoms with van der Waals surface area (Å²) < 4.78 is 0. The van der Waals surface area contributed by atoms with Crippen molar-refractivity contribution in [2.45, 2.75) is 6.92 Å². The first kappa shape index (κ1) is 13.7. The molecular weight excluding hydrogens is 248 g/mol. The molecule has 2 aromatic rings. The maximum absolute atomic E-state index is 11.6. The van der Waals surface area contributed by atoms with Crippen molar-refractivity contribution < 1.29 is 4.79 Å². The minimum Gasteiger partial charge on any atom is -0.288 e. The second-order valence-electron chi connectivity index (χ2n) is 4.18. The summed E-state index contributed by atoms with van der Waals surface area (Å²) in [6, 6.07) is 19.2.